The molecule has 23 heavy (non-hydrogen) atoms. The van der Waals surface area contributed by atoms with E-state index in [-0.39, 0.29) is 5.41 Å². The van der Waals surface area contributed by atoms with E-state index in [1.165, 1.54) is 5.56 Å². The molecule has 1 aromatic carbocycles. The number of carboxylic acids is 1. The molecule has 0 amide bonds. The van der Waals surface area contributed by atoms with Crippen LogP contribution in [-0.4, -0.2) is 53.1 Å². The van der Waals surface area contributed by atoms with Crippen molar-refractivity contribution in [2.75, 3.05) is 26.2 Å². The molecule has 2 rings (SSSR count). The number of carboxylic acid groups (broad SMARTS) is 1. The summed E-state index contributed by atoms with van der Waals surface area (Å²) in [6.07, 6.45) is 0. The first-order valence-electron chi connectivity index (χ1n) is 8.55. The molecule has 2 unspecified atom stereocenters. The van der Waals surface area contributed by atoms with Gasteiger partial charge in [0, 0.05) is 25.7 Å². The summed E-state index contributed by atoms with van der Waals surface area (Å²) >= 11 is 0. The molecule has 1 aliphatic rings. The molecule has 0 aromatic heterocycles. The average molecular weight is 318 g/mol. The van der Waals surface area contributed by atoms with Gasteiger partial charge < -0.3 is 5.11 Å². The minimum Gasteiger partial charge on any atom is -0.480 e. The Hall–Kier alpha value is -1.39. The summed E-state index contributed by atoms with van der Waals surface area (Å²) in [5.41, 5.74) is 2.19. The topological polar surface area (TPSA) is 43.8 Å². The minimum atomic E-state index is -0.759. The van der Waals surface area contributed by atoms with Crippen LogP contribution >= 0.6 is 0 Å². The lowest BCUT2D eigenvalue weighted by molar-refractivity contribution is -0.144. The fourth-order valence-electron chi connectivity index (χ4n) is 3.40. The van der Waals surface area contributed by atoms with Gasteiger partial charge in [0.1, 0.15) is 6.04 Å². The number of hydrogen-bond donors (Lipinski definition) is 1. The quantitative estimate of drug-likeness (QED) is 0.926. The first-order valence-corrected chi connectivity index (χ1v) is 8.55. The zero-order valence-electron chi connectivity index (χ0n) is 15.0. The second kappa shape index (κ2) is 7.02. The smallest absolute Gasteiger partial charge is 0.325 e. The van der Waals surface area contributed by atoms with Crippen molar-refractivity contribution in [1.29, 1.82) is 0 Å². The van der Waals surface area contributed by atoms with Gasteiger partial charge in [-0.1, -0.05) is 52.0 Å². The number of carbonyl (C=O) groups is 1. The van der Waals surface area contributed by atoms with Crippen LogP contribution in [0.1, 0.15) is 51.8 Å². The lowest BCUT2D eigenvalue weighted by Gasteiger charge is -2.41. The van der Waals surface area contributed by atoms with Crippen molar-refractivity contribution in [3.8, 4) is 0 Å². The second-order valence-electron chi connectivity index (χ2n) is 7.59. The van der Waals surface area contributed by atoms with Crippen molar-refractivity contribution in [3.63, 3.8) is 0 Å². The zero-order valence-corrected chi connectivity index (χ0v) is 15.0. The molecule has 0 radical (unpaired) electrons. The van der Waals surface area contributed by atoms with E-state index in [4.69, 9.17) is 0 Å². The zero-order chi connectivity index (χ0) is 17.2. The Balaban J connectivity index is 2.21. The normalized spacial score (nSPS) is 22.0. The molecule has 0 saturated carbocycles. The second-order valence-corrected chi connectivity index (χ2v) is 7.59. The Morgan fingerprint density at radius 3 is 2.30 bits per heavy atom. The fourth-order valence-corrected chi connectivity index (χ4v) is 3.40. The van der Waals surface area contributed by atoms with E-state index >= 15 is 0 Å². The molecule has 4 heteroatoms. The maximum Gasteiger partial charge on any atom is 0.325 e. The Labute approximate surface area is 140 Å². The SMILES string of the molecule is CCN1CCN(C(C(=O)O)c2ccc(C(C)(C)C)cc2)CC1C. The molecule has 1 N–H and O–H groups in total. The summed E-state index contributed by atoms with van der Waals surface area (Å²) in [7, 11) is 0. The molecule has 1 fully saturated rings. The van der Waals surface area contributed by atoms with E-state index in [1.807, 2.05) is 12.1 Å². The van der Waals surface area contributed by atoms with Gasteiger partial charge in [0.05, 0.1) is 0 Å². The maximum absolute atomic E-state index is 11.9. The third kappa shape index (κ3) is 4.12. The van der Waals surface area contributed by atoms with Crippen LogP contribution in [0.2, 0.25) is 0 Å². The first kappa shape index (κ1) is 18.0. The Bertz CT molecular complexity index is 533. The van der Waals surface area contributed by atoms with Gasteiger partial charge in [-0.15, -0.1) is 0 Å². The molecule has 0 spiro atoms. The number of rotatable bonds is 4. The predicted molar refractivity (Wildman–Crippen MR) is 93.8 cm³/mol. The van der Waals surface area contributed by atoms with Gasteiger partial charge in [-0.3, -0.25) is 14.6 Å². The molecular weight excluding hydrogens is 288 g/mol. The molecule has 0 aliphatic carbocycles. The van der Waals surface area contributed by atoms with Crippen LogP contribution < -0.4 is 0 Å². The van der Waals surface area contributed by atoms with Gasteiger partial charge in [0.2, 0.25) is 0 Å². The summed E-state index contributed by atoms with van der Waals surface area (Å²) < 4.78 is 0. The summed E-state index contributed by atoms with van der Waals surface area (Å²) in [4.78, 5) is 16.4. The van der Waals surface area contributed by atoms with Crippen LogP contribution in [0.4, 0.5) is 0 Å². The summed E-state index contributed by atoms with van der Waals surface area (Å²) in [5, 5.41) is 9.76. The average Bonchev–Trinajstić information content (AvgIpc) is 2.47. The number of piperazine rings is 1. The number of hydrogen-bond acceptors (Lipinski definition) is 3. The Kier molecular flexibility index (Phi) is 5.48. The molecule has 1 heterocycles. The van der Waals surface area contributed by atoms with E-state index < -0.39 is 12.0 Å². The van der Waals surface area contributed by atoms with Crippen molar-refractivity contribution in [3.05, 3.63) is 35.4 Å². The van der Waals surface area contributed by atoms with E-state index in [2.05, 4.69) is 56.6 Å². The van der Waals surface area contributed by atoms with Crippen LogP contribution in [0, 0.1) is 0 Å². The lowest BCUT2D eigenvalue weighted by Crippen LogP contribution is -2.53. The van der Waals surface area contributed by atoms with Crippen LogP contribution in [0.25, 0.3) is 0 Å². The van der Waals surface area contributed by atoms with Crippen LogP contribution in [-0.2, 0) is 10.2 Å². The molecule has 2 atom stereocenters. The van der Waals surface area contributed by atoms with Gasteiger partial charge in [0.15, 0.2) is 0 Å². The van der Waals surface area contributed by atoms with E-state index in [0.717, 1.165) is 31.7 Å². The minimum absolute atomic E-state index is 0.0819. The summed E-state index contributed by atoms with van der Waals surface area (Å²) in [5.74, 6) is -0.759. The molecular formula is C19H30N2O2. The van der Waals surface area contributed by atoms with Crippen molar-refractivity contribution in [1.82, 2.24) is 9.80 Å². The molecule has 0 bridgehead atoms. The van der Waals surface area contributed by atoms with Gasteiger partial charge in [-0.25, -0.2) is 0 Å². The van der Waals surface area contributed by atoms with E-state index in [0.29, 0.717) is 6.04 Å². The molecule has 128 valence electrons. The first-order chi connectivity index (χ1) is 10.7. The Morgan fingerprint density at radius 2 is 1.87 bits per heavy atom. The highest BCUT2D eigenvalue weighted by Gasteiger charge is 2.32. The number of benzene rings is 1. The highest BCUT2D eigenvalue weighted by Crippen LogP contribution is 2.28. The third-order valence-corrected chi connectivity index (χ3v) is 4.89. The van der Waals surface area contributed by atoms with Crippen molar-refractivity contribution in [2.24, 2.45) is 0 Å². The molecule has 1 saturated heterocycles. The van der Waals surface area contributed by atoms with Gasteiger partial charge in [-0.2, -0.15) is 0 Å². The highest BCUT2D eigenvalue weighted by atomic mass is 16.4. The van der Waals surface area contributed by atoms with Crippen molar-refractivity contribution in [2.45, 2.75) is 52.1 Å². The lowest BCUT2D eigenvalue weighted by atomic mass is 9.86. The largest absolute Gasteiger partial charge is 0.480 e. The monoisotopic (exact) mass is 318 g/mol. The standard InChI is InChI=1S/C19H30N2O2/c1-6-20-11-12-21(13-14(20)2)17(18(22)23)15-7-9-16(10-8-15)19(3,4)5/h7-10,14,17H,6,11-13H2,1-5H3,(H,22,23). The molecule has 1 aliphatic heterocycles. The number of nitrogens with zero attached hydrogens (tertiary/aromatic N) is 2. The van der Waals surface area contributed by atoms with Crippen molar-refractivity contribution < 1.29 is 9.90 Å². The molecule has 4 nitrogen and oxygen atoms in total. The van der Waals surface area contributed by atoms with E-state index in [1.54, 1.807) is 0 Å². The van der Waals surface area contributed by atoms with Gasteiger partial charge in [0.25, 0.3) is 0 Å². The van der Waals surface area contributed by atoms with Crippen LogP contribution in [0.3, 0.4) is 0 Å². The highest BCUT2D eigenvalue weighted by molar-refractivity contribution is 5.75. The Morgan fingerprint density at radius 1 is 1.26 bits per heavy atom. The van der Waals surface area contributed by atoms with Crippen molar-refractivity contribution >= 4 is 5.97 Å². The van der Waals surface area contributed by atoms with Gasteiger partial charge >= 0.3 is 5.97 Å². The summed E-state index contributed by atoms with van der Waals surface area (Å²) in [6, 6.07) is 7.94. The van der Waals surface area contributed by atoms with Gasteiger partial charge in [-0.05, 0) is 30.0 Å². The molecule has 1 aromatic rings. The van der Waals surface area contributed by atoms with Crippen LogP contribution in [0.5, 0.6) is 0 Å². The third-order valence-electron chi connectivity index (χ3n) is 4.89. The number of aliphatic carboxylic acids is 1. The fraction of sp³-hybridized carbons (Fsp3) is 0.632. The predicted octanol–water partition coefficient (Wildman–Crippen LogP) is 3.14. The number of likely N-dealkylation sites (N-methyl/N-ethyl adjacent to an activating group) is 1. The summed E-state index contributed by atoms with van der Waals surface area (Å²) in [6.45, 7) is 14.4. The van der Waals surface area contributed by atoms with E-state index in [9.17, 15) is 9.90 Å². The maximum atomic E-state index is 11.9. The van der Waals surface area contributed by atoms with Crippen LogP contribution in [0.15, 0.2) is 24.3 Å².